The van der Waals surface area contributed by atoms with Gasteiger partial charge < -0.3 is 10.2 Å². The van der Waals surface area contributed by atoms with Crippen LogP contribution in [0.25, 0.3) is 0 Å². The molecule has 0 spiro atoms. The van der Waals surface area contributed by atoms with Crippen LogP contribution in [0.2, 0.25) is 10.0 Å². The molecule has 1 saturated heterocycles. The zero-order chi connectivity index (χ0) is 14.0. The first-order chi connectivity index (χ1) is 8.99. The van der Waals surface area contributed by atoms with Gasteiger partial charge in [0.2, 0.25) is 11.8 Å². The highest BCUT2D eigenvalue weighted by Gasteiger charge is 2.27. The largest absolute Gasteiger partial charge is 0.345 e. The van der Waals surface area contributed by atoms with Crippen LogP contribution in [0.1, 0.15) is 18.9 Å². The van der Waals surface area contributed by atoms with Crippen molar-refractivity contribution in [2.75, 3.05) is 6.54 Å². The Morgan fingerprint density at radius 1 is 1.32 bits per heavy atom. The summed E-state index contributed by atoms with van der Waals surface area (Å²) in [5, 5.41) is 3.69. The smallest absolute Gasteiger partial charge is 0.245 e. The molecule has 1 aliphatic rings. The minimum atomic E-state index is -0.517. The van der Waals surface area contributed by atoms with E-state index in [-0.39, 0.29) is 18.2 Å². The van der Waals surface area contributed by atoms with Crippen LogP contribution in [-0.2, 0) is 16.1 Å². The molecule has 1 N–H and O–H groups in total. The van der Waals surface area contributed by atoms with Crippen molar-refractivity contribution in [1.29, 1.82) is 0 Å². The van der Waals surface area contributed by atoms with E-state index in [0.717, 1.165) is 0 Å². The monoisotopic (exact) mass is 300 g/mol. The van der Waals surface area contributed by atoms with Gasteiger partial charge in [0.1, 0.15) is 6.04 Å². The van der Waals surface area contributed by atoms with Crippen LogP contribution < -0.4 is 5.32 Å². The van der Waals surface area contributed by atoms with Crippen molar-refractivity contribution in [3.05, 3.63) is 33.8 Å². The standard InChI is InChI=1S/C13H14Cl2N2O2/c1-8-13(19)17(6-5-12(18)16-8)7-9-10(14)3-2-4-11(9)15/h2-4,8H,5-7H2,1H3,(H,16,18). The number of hydrogen-bond donors (Lipinski definition) is 1. The van der Waals surface area contributed by atoms with Gasteiger partial charge in [-0.05, 0) is 19.1 Å². The first-order valence-corrected chi connectivity index (χ1v) is 6.75. The highest BCUT2D eigenvalue weighted by molar-refractivity contribution is 6.36. The number of halogens is 2. The molecular weight excluding hydrogens is 287 g/mol. The zero-order valence-electron chi connectivity index (χ0n) is 10.5. The van der Waals surface area contributed by atoms with Crippen LogP contribution in [-0.4, -0.2) is 29.3 Å². The van der Waals surface area contributed by atoms with Gasteiger partial charge >= 0.3 is 0 Å². The van der Waals surface area contributed by atoms with E-state index in [1.54, 1.807) is 30.0 Å². The molecule has 1 heterocycles. The molecule has 0 radical (unpaired) electrons. The normalized spacial score (nSPS) is 20.2. The molecule has 2 rings (SSSR count). The molecule has 1 fully saturated rings. The Morgan fingerprint density at radius 3 is 2.58 bits per heavy atom. The topological polar surface area (TPSA) is 49.4 Å². The first kappa shape index (κ1) is 14.2. The van der Waals surface area contributed by atoms with E-state index in [1.165, 1.54) is 0 Å². The third-order valence-electron chi connectivity index (χ3n) is 3.08. The number of amides is 2. The third-order valence-corrected chi connectivity index (χ3v) is 3.79. The Labute approximate surface area is 121 Å². The molecule has 1 unspecified atom stereocenters. The fourth-order valence-electron chi connectivity index (χ4n) is 2.03. The predicted molar refractivity (Wildman–Crippen MR) is 74.1 cm³/mol. The van der Waals surface area contributed by atoms with Crippen molar-refractivity contribution in [2.24, 2.45) is 0 Å². The molecule has 0 bridgehead atoms. The quantitative estimate of drug-likeness (QED) is 0.910. The maximum atomic E-state index is 12.1. The van der Waals surface area contributed by atoms with Crippen molar-refractivity contribution in [3.63, 3.8) is 0 Å². The SMILES string of the molecule is CC1NC(=O)CCN(Cc2c(Cl)cccc2Cl)C1=O. The molecule has 6 heteroatoms. The molecule has 0 saturated carbocycles. The summed E-state index contributed by atoms with van der Waals surface area (Å²) in [6, 6.07) is 4.71. The second-order valence-electron chi connectivity index (χ2n) is 4.50. The summed E-state index contributed by atoms with van der Waals surface area (Å²) in [4.78, 5) is 25.2. The van der Waals surface area contributed by atoms with Gasteiger partial charge in [-0.3, -0.25) is 9.59 Å². The van der Waals surface area contributed by atoms with Crippen molar-refractivity contribution in [1.82, 2.24) is 10.2 Å². The average molecular weight is 301 g/mol. The highest BCUT2D eigenvalue weighted by atomic mass is 35.5. The first-order valence-electron chi connectivity index (χ1n) is 6.00. The summed E-state index contributed by atoms with van der Waals surface area (Å²) >= 11 is 12.2. The zero-order valence-corrected chi connectivity index (χ0v) is 12.0. The Balaban J connectivity index is 2.22. The van der Waals surface area contributed by atoms with Gasteiger partial charge in [0.15, 0.2) is 0 Å². The number of nitrogens with one attached hydrogen (secondary N) is 1. The summed E-state index contributed by atoms with van der Waals surface area (Å²) in [6.45, 7) is 2.36. The fraction of sp³-hybridized carbons (Fsp3) is 0.385. The lowest BCUT2D eigenvalue weighted by molar-refractivity contribution is -0.133. The van der Waals surface area contributed by atoms with Crippen molar-refractivity contribution in [2.45, 2.75) is 25.9 Å². The lowest BCUT2D eigenvalue weighted by atomic mass is 10.2. The molecular formula is C13H14Cl2N2O2. The Morgan fingerprint density at radius 2 is 1.95 bits per heavy atom. The molecule has 1 aliphatic heterocycles. The van der Waals surface area contributed by atoms with Gasteiger partial charge in [0.05, 0.1) is 0 Å². The highest BCUT2D eigenvalue weighted by Crippen LogP contribution is 2.26. The minimum absolute atomic E-state index is 0.117. The number of benzene rings is 1. The van der Waals surface area contributed by atoms with Crippen LogP contribution in [0.4, 0.5) is 0 Å². The lowest BCUT2D eigenvalue weighted by Crippen LogP contribution is -2.42. The molecule has 4 nitrogen and oxygen atoms in total. The van der Waals surface area contributed by atoms with Gasteiger partial charge in [-0.1, -0.05) is 29.3 Å². The van der Waals surface area contributed by atoms with Gasteiger partial charge in [-0.25, -0.2) is 0 Å². The van der Waals surface area contributed by atoms with Gasteiger partial charge in [-0.15, -0.1) is 0 Å². The van der Waals surface area contributed by atoms with Gasteiger partial charge in [0.25, 0.3) is 0 Å². The Bertz CT molecular complexity index is 499. The molecule has 0 aliphatic carbocycles. The number of hydrogen-bond acceptors (Lipinski definition) is 2. The summed E-state index contributed by atoms with van der Waals surface area (Å²) in [7, 11) is 0. The number of nitrogens with zero attached hydrogens (tertiary/aromatic N) is 1. The van der Waals surface area contributed by atoms with Crippen LogP contribution in [0.5, 0.6) is 0 Å². The predicted octanol–water partition coefficient (Wildman–Crippen LogP) is 2.23. The lowest BCUT2D eigenvalue weighted by Gasteiger charge is -2.23. The van der Waals surface area contributed by atoms with E-state index in [2.05, 4.69) is 5.32 Å². The summed E-state index contributed by atoms with van der Waals surface area (Å²) in [5.74, 6) is -0.240. The average Bonchev–Trinajstić information content (AvgIpc) is 2.47. The summed E-state index contributed by atoms with van der Waals surface area (Å²) in [6.07, 6.45) is 0.290. The summed E-state index contributed by atoms with van der Waals surface area (Å²) < 4.78 is 0. The molecule has 1 aromatic rings. The minimum Gasteiger partial charge on any atom is -0.345 e. The van der Waals surface area contributed by atoms with E-state index >= 15 is 0 Å². The number of carbonyl (C=O) groups is 2. The van der Waals surface area contributed by atoms with E-state index in [0.29, 0.717) is 28.7 Å². The Kier molecular flexibility index (Phi) is 4.32. The maximum Gasteiger partial charge on any atom is 0.245 e. The van der Waals surface area contributed by atoms with Crippen LogP contribution in [0, 0.1) is 0 Å². The maximum absolute atomic E-state index is 12.1. The second-order valence-corrected chi connectivity index (χ2v) is 5.31. The Hall–Kier alpha value is -1.26. The van der Waals surface area contributed by atoms with Crippen LogP contribution in [0.15, 0.2) is 18.2 Å². The van der Waals surface area contributed by atoms with E-state index in [4.69, 9.17) is 23.2 Å². The van der Waals surface area contributed by atoms with Gasteiger partial charge in [0, 0.05) is 35.1 Å². The molecule has 1 atom stereocenters. The second kappa shape index (κ2) is 5.80. The van der Waals surface area contributed by atoms with Crippen molar-refractivity contribution < 1.29 is 9.59 Å². The molecule has 1 aromatic carbocycles. The van der Waals surface area contributed by atoms with Gasteiger partial charge in [-0.2, -0.15) is 0 Å². The van der Waals surface area contributed by atoms with Crippen molar-refractivity contribution >= 4 is 35.0 Å². The molecule has 102 valence electrons. The van der Waals surface area contributed by atoms with Crippen molar-refractivity contribution in [3.8, 4) is 0 Å². The van der Waals surface area contributed by atoms with E-state index in [9.17, 15) is 9.59 Å². The van der Waals surface area contributed by atoms with Crippen LogP contribution >= 0.6 is 23.2 Å². The van der Waals surface area contributed by atoms with E-state index < -0.39 is 6.04 Å². The molecule has 19 heavy (non-hydrogen) atoms. The summed E-state index contributed by atoms with van der Waals surface area (Å²) in [5.41, 5.74) is 0.709. The number of carbonyl (C=O) groups excluding carboxylic acids is 2. The fourth-order valence-corrected chi connectivity index (χ4v) is 2.54. The molecule has 2 amide bonds. The third kappa shape index (κ3) is 3.19. The van der Waals surface area contributed by atoms with Crippen LogP contribution in [0.3, 0.4) is 0 Å². The van der Waals surface area contributed by atoms with E-state index in [1.807, 2.05) is 0 Å². The number of rotatable bonds is 2. The molecule has 0 aromatic heterocycles.